The second kappa shape index (κ2) is 17.7. The summed E-state index contributed by atoms with van der Waals surface area (Å²) in [6.07, 6.45) is 1.31. The molecule has 0 aliphatic heterocycles. The Kier molecular flexibility index (Phi) is 14.7. The van der Waals surface area contributed by atoms with Crippen molar-refractivity contribution in [3.05, 3.63) is 40.1 Å². The van der Waals surface area contributed by atoms with Gasteiger partial charge in [-0.15, -0.1) is 11.3 Å². The molecular weight excluding hydrogens is 638 g/mol. The minimum absolute atomic E-state index is 0.0560. The Hall–Kier alpha value is -4.36. The number of anilines is 1. The van der Waals surface area contributed by atoms with Crippen molar-refractivity contribution in [3.63, 3.8) is 0 Å². The summed E-state index contributed by atoms with van der Waals surface area (Å²) in [6.45, 7) is 16.1. The number of hydrogen-bond donors (Lipinski definition) is 3. The molecule has 0 spiro atoms. The molecule has 0 bridgehead atoms. The van der Waals surface area contributed by atoms with Crippen molar-refractivity contribution in [2.45, 2.75) is 123 Å². The molecule has 1 aromatic carbocycles. The number of rotatable bonds is 15. The largest absolute Gasteiger partial charge is 0.460 e. The number of carbonyl (C=O) groups is 4. The first kappa shape index (κ1) is 39.8. The normalized spacial score (nSPS) is 12.9. The Bertz CT molecular complexity index is 1430. The average molecular weight is 688 g/mol. The van der Waals surface area contributed by atoms with Crippen molar-refractivity contribution in [2.75, 3.05) is 11.9 Å². The van der Waals surface area contributed by atoms with Crippen LogP contribution < -0.4 is 16.0 Å². The van der Waals surface area contributed by atoms with Crippen LogP contribution in [-0.4, -0.2) is 64.4 Å². The molecule has 2 unspecified atom stereocenters. The zero-order valence-corrected chi connectivity index (χ0v) is 30.2. The van der Waals surface area contributed by atoms with Crippen LogP contribution in [0.3, 0.4) is 0 Å². The molecular formula is C33H49N7O7S. The molecule has 0 fully saturated rings. The molecule has 48 heavy (non-hydrogen) atoms. The second-order valence-electron chi connectivity index (χ2n) is 14.1. The van der Waals surface area contributed by atoms with E-state index in [4.69, 9.17) is 19.7 Å². The molecule has 1 aromatic heterocycles. The molecule has 3 N–H and O–H groups in total. The van der Waals surface area contributed by atoms with Gasteiger partial charge in [0.1, 0.15) is 28.9 Å². The number of benzene rings is 1. The van der Waals surface area contributed by atoms with Crippen LogP contribution in [0, 0.1) is 0 Å². The van der Waals surface area contributed by atoms with E-state index >= 15 is 0 Å². The minimum Gasteiger partial charge on any atom is -0.460 e. The standard InChI is InChI=1S/C33H49N7O7S/c1-31(2,3)45-26(41)18-17-24(28(43)47-33(7,8)9)37-29(44)36-23(27(42)46-32(4,5)6)12-10-11-19-35-30-38-25(20-48-30)21-13-15-22(16-14-21)39-40-34/h13-16,20,23-24H,10-12,17-19H2,1-9H3,(H,35,38)(H2,36,37,44). The first-order chi connectivity index (χ1) is 22.2. The number of urea groups is 1. The number of nitrogens with zero attached hydrogens (tertiary/aromatic N) is 4. The lowest BCUT2D eigenvalue weighted by atomic mass is 10.1. The highest BCUT2D eigenvalue weighted by Crippen LogP contribution is 2.27. The Morgan fingerprint density at radius 1 is 0.833 bits per heavy atom. The van der Waals surface area contributed by atoms with Crippen LogP contribution in [0.1, 0.15) is 94.4 Å². The first-order valence-electron chi connectivity index (χ1n) is 15.8. The van der Waals surface area contributed by atoms with Gasteiger partial charge in [-0.2, -0.15) is 0 Å². The predicted molar refractivity (Wildman–Crippen MR) is 185 cm³/mol. The van der Waals surface area contributed by atoms with Gasteiger partial charge in [-0.05, 0) is 93.5 Å². The molecule has 2 amide bonds. The van der Waals surface area contributed by atoms with Crippen LogP contribution in [0.15, 0.2) is 34.8 Å². The molecule has 15 heteroatoms. The molecule has 14 nitrogen and oxygen atoms in total. The quantitative estimate of drug-likeness (QED) is 0.0434. The van der Waals surface area contributed by atoms with Gasteiger partial charge in [0, 0.05) is 34.5 Å². The van der Waals surface area contributed by atoms with Crippen molar-refractivity contribution in [1.29, 1.82) is 0 Å². The van der Waals surface area contributed by atoms with Crippen LogP contribution in [0.2, 0.25) is 0 Å². The number of hydrogen-bond acceptors (Lipinski definition) is 11. The fourth-order valence-corrected chi connectivity index (χ4v) is 4.91. The number of amides is 2. The number of carbonyl (C=O) groups excluding carboxylic acids is 4. The summed E-state index contributed by atoms with van der Waals surface area (Å²) in [6, 6.07) is 4.18. The highest BCUT2D eigenvalue weighted by atomic mass is 32.1. The van der Waals surface area contributed by atoms with Gasteiger partial charge in [0.15, 0.2) is 5.13 Å². The summed E-state index contributed by atoms with van der Waals surface area (Å²) < 4.78 is 16.4. The van der Waals surface area contributed by atoms with E-state index in [-0.39, 0.29) is 19.3 Å². The maximum atomic E-state index is 13.1. The van der Waals surface area contributed by atoms with E-state index in [1.165, 1.54) is 11.3 Å². The molecule has 0 saturated heterocycles. The Morgan fingerprint density at radius 3 is 1.90 bits per heavy atom. The Labute approximate surface area is 286 Å². The number of esters is 3. The number of nitrogens with one attached hydrogen (secondary N) is 3. The molecule has 264 valence electrons. The Balaban J connectivity index is 2.00. The monoisotopic (exact) mass is 687 g/mol. The molecule has 0 saturated carbocycles. The van der Waals surface area contributed by atoms with E-state index in [0.29, 0.717) is 25.1 Å². The van der Waals surface area contributed by atoms with E-state index in [0.717, 1.165) is 16.4 Å². The molecule has 2 rings (SSSR count). The summed E-state index contributed by atoms with van der Waals surface area (Å²) in [4.78, 5) is 58.9. The molecule has 0 aliphatic rings. The van der Waals surface area contributed by atoms with Gasteiger partial charge in [0.25, 0.3) is 0 Å². The van der Waals surface area contributed by atoms with E-state index in [1.807, 2.05) is 17.5 Å². The summed E-state index contributed by atoms with van der Waals surface area (Å²) in [5.74, 6) is -1.84. The zero-order valence-electron chi connectivity index (χ0n) is 29.3. The average Bonchev–Trinajstić information content (AvgIpc) is 3.41. The van der Waals surface area contributed by atoms with Crippen LogP contribution in [0.25, 0.3) is 21.7 Å². The number of azide groups is 1. The highest BCUT2D eigenvalue weighted by molar-refractivity contribution is 7.14. The van der Waals surface area contributed by atoms with Crippen molar-refractivity contribution in [1.82, 2.24) is 15.6 Å². The van der Waals surface area contributed by atoms with Gasteiger partial charge in [0.2, 0.25) is 0 Å². The van der Waals surface area contributed by atoms with Crippen LogP contribution in [0.5, 0.6) is 0 Å². The third kappa shape index (κ3) is 16.0. The fraction of sp³-hybridized carbons (Fsp3) is 0.606. The molecule has 0 radical (unpaired) electrons. The maximum Gasteiger partial charge on any atom is 0.329 e. The molecule has 1 heterocycles. The van der Waals surface area contributed by atoms with E-state index < -0.39 is 52.8 Å². The molecule has 2 atom stereocenters. The SMILES string of the molecule is CC(C)(C)OC(=O)CCC(NC(=O)NC(CCCCNc1nc(-c2ccc(N=[N+]=[N-])cc2)cs1)C(=O)OC(C)(C)C)C(=O)OC(C)(C)C. The van der Waals surface area contributed by atoms with Crippen molar-refractivity contribution >= 4 is 46.1 Å². The second-order valence-corrected chi connectivity index (χ2v) is 15.0. The Morgan fingerprint density at radius 2 is 1.38 bits per heavy atom. The molecule has 2 aromatic rings. The van der Waals surface area contributed by atoms with Crippen LogP contribution in [0.4, 0.5) is 15.6 Å². The maximum absolute atomic E-state index is 13.1. The van der Waals surface area contributed by atoms with Gasteiger partial charge in [0.05, 0.1) is 5.69 Å². The van der Waals surface area contributed by atoms with E-state index in [2.05, 4.69) is 31.0 Å². The van der Waals surface area contributed by atoms with E-state index in [9.17, 15) is 19.2 Å². The number of thiazole rings is 1. The summed E-state index contributed by atoms with van der Waals surface area (Å²) in [5.41, 5.74) is 8.46. The number of unbranched alkanes of at least 4 members (excludes halogenated alkanes) is 1. The number of aromatic nitrogens is 1. The third-order valence-electron chi connectivity index (χ3n) is 6.07. The summed E-state index contributed by atoms with van der Waals surface area (Å²) >= 11 is 1.45. The van der Waals surface area contributed by atoms with Crippen molar-refractivity contribution in [3.8, 4) is 11.3 Å². The molecule has 0 aliphatic carbocycles. The summed E-state index contributed by atoms with van der Waals surface area (Å²) in [7, 11) is 0. The van der Waals surface area contributed by atoms with Crippen LogP contribution >= 0.6 is 11.3 Å². The summed E-state index contributed by atoms with van der Waals surface area (Å²) in [5, 5.41) is 14.7. The highest BCUT2D eigenvalue weighted by Gasteiger charge is 2.31. The van der Waals surface area contributed by atoms with Gasteiger partial charge in [-0.3, -0.25) is 4.79 Å². The first-order valence-corrected chi connectivity index (χ1v) is 16.7. The van der Waals surface area contributed by atoms with E-state index in [1.54, 1.807) is 74.4 Å². The van der Waals surface area contributed by atoms with Gasteiger partial charge in [-0.1, -0.05) is 29.4 Å². The predicted octanol–water partition coefficient (Wildman–Crippen LogP) is 7.18. The van der Waals surface area contributed by atoms with Crippen molar-refractivity contribution in [2.24, 2.45) is 5.11 Å². The minimum atomic E-state index is -1.16. The van der Waals surface area contributed by atoms with Gasteiger partial charge >= 0.3 is 23.9 Å². The lowest BCUT2D eigenvalue weighted by Gasteiger charge is -2.27. The van der Waals surface area contributed by atoms with Crippen LogP contribution in [-0.2, 0) is 28.6 Å². The smallest absolute Gasteiger partial charge is 0.329 e. The van der Waals surface area contributed by atoms with Gasteiger partial charge < -0.3 is 30.2 Å². The van der Waals surface area contributed by atoms with Crippen molar-refractivity contribution < 1.29 is 33.4 Å². The third-order valence-corrected chi connectivity index (χ3v) is 6.87. The number of ether oxygens (including phenoxy) is 3. The fourth-order valence-electron chi connectivity index (χ4n) is 4.16. The lowest BCUT2D eigenvalue weighted by molar-refractivity contribution is -0.159. The lowest BCUT2D eigenvalue weighted by Crippen LogP contribution is -2.53. The van der Waals surface area contributed by atoms with Gasteiger partial charge in [-0.25, -0.2) is 19.4 Å². The zero-order chi connectivity index (χ0) is 36.1. The topological polar surface area (TPSA) is 194 Å².